The Morgan fingerprint density at radius 2 is 0.583 bits per heavy atom. The van der Waals surface area contributed by atoms with Crippen LogP contribution in [-0.4, -0.2) is 26.4 Å². The van der Waals surface area contributed by atoms with Crippen molar-refractivity contribution in [1.82, 2.24) is 0 Å². The molecular formula is C64H66N4O4. The highest BCUT2D eigenvalue weighted by atomic mass is 16.5. The molecule has 8 heteroatoms. The second-order valence-electron chi connectivity index (χ2n) is 17.6. The van der Waals surface area contributed by atoms with Crippen LogP contribution in [0.2, 0.25) is 0 Å². The molecule has 0 aliphatic rings. The van der Waals surface area contributed by atoms with E-state index in [0.717, 1.165) is 120 Å². The normalized spacial score (nSPS) is 11.0. The van der Waals surface area contributed by atoms with Gasteiger partial charge >= 0.3 is 0 Å². The van der Waals surface area contributed by atoms with E-state index in [0.29, 0.717) is 48.7 Å². The Morgan fingerprint density at radius 3 is 0.806 bits per heavy atom. The first-order valence-electron chi connectivity index (χ1n) is 25.5. The van der Waals surface area contributed by atoms with Crippen LogP contribution in [0, 0.1) is 22.7 Å². The molecule has 0 spiro atoms. The minimum absolute atomic E-state index is 0.478. The number of benzene rings is 7. The zero-order valence-corrected chi connectivity index (χ0v) is 42.2. The van der Waals surface area contributed by atoms with Crippen LogP contribution in [0.1, 0.15) is 112 Å². The van der Waals surface area contributed by atoms with E-state index >= 15 is 0 Å². The van der Waals surface area contributed by atoms with Crippen molar-refractivity contribution >= 4 is 58.4 Å². The summed E-state index contributed by atoms with van der Waals surface area (Å²) in [6.07, 6.45) is 16.1. The fourth-order valence-electron chi connectivity index (χ4n) is 7.94. The monoisotopic (exact) mass is 955 g/mol. The number of anilines is 6. The predicted octanol–water partition coefficient (Wildman–Crippen LogP) is 17.4. The van der Waals surface area contributed by atoms with Gasteiger partial charge in [0.15, 0.2) is 0 Å². The molecule has 0 heterocycles. The molecular weight excluding hydrogens is 889 g/mol. The number of ether oxygens (including phenoxy) is 4. The number of nitriles is 2. The van der Waals surface area contributed by atoms with Crippen molar-refractivity contribution in [3.8, 4) is 35.1 Å². The van der Waals surface area contributed by atoms with Crippen molar-refractivity contribution in [2.75, 3.05) is 36.2 Å². The molecule has 0 radical (unpaired) electrons. The Morgan fingerprint density at radius 1 is 0.347 bits per heavy atom. The maximum absolute atomic E-state index is 10.3. The summed E-state index contributed by atoms with van der Waals surface area (Å²) in [6, 6.07) is 57.7. The maximum atomic E-state index is 10.3. The standard InChI is InChI=1S/C64H66N4O4/c1-5-9-41-69-61-33-25-57(26-34-61)67(58-27-35-62(36-28-58)70-42-10-6-2)55-21-15-49(16-22-55)13-19-51-45-54(48-66)52(46-53(51)47-65)20-14-50-17-23-56(24-18-50)68(59-29-37-63(38-30-59)71-43-11-7-3)60-31-39-64(40-32-60)72-44-12-8-4/h13-40,45-46H,5-12,41-44H2,1-4H3. The first-order valence-corrected chi connectivity index (χ1v) is 25.5. The summed E-state index contributed by atoms with van der Waals surface area (Å²) < 4.78 is 23.9. The summed E-state index contributed by atoms with van der Waals surface area (Å²) in [6.45, 7) is 11.4. The molecule has 0 aliphatic carbocycles. The second kappa shape index (κ2) is 27.3. The third kappa shape index (κ3) is 14.4. The lowest BCUT2D eigenvalue weighted by Crippen LogP contribution is -2.10. The molecule has 366 valence electrons. The molecule has 0 saturated heterocycles. The molecule has 7 rings (SSSR count). The molecule has 8 nitrogen and oxygen atoms in total. The Kier molecular flexibility index (Phi) is 19.6. The van der Waals surface area contributed by atoms with Gasteiger partial charge in [0, 0.05) is 34.1 Å². The topological polar surface area (TPSA) is 91.0 Å². The molecule has 0 fully saturated rings. The molecule has 0 aliphatic heterocycles. The van der Waals surface area contributed by atoms with Gasteiger partial charge in [-0.1, -0.05) is 102 Å². The molecule has 0 aromatic heterocycles. The van der Waals surface area contributed by atoms with Gasteiger partial charge in [0.05, 0.1) is 49.7 Å². The van der Waals surface area contributed by atoms with Crippen molar-refractivity contribution in [3.63, 3.8) is 0 Å². The van der Waals surface area contributed by atoms with Crippen LogP contribution in [-0.2, 0) is 0 Å². The van der Waals surface area contributed by atoms with E-state index in [9.17, 15) is 10.5 Å². The SMILES string of the molecule is CCCCOc1ccc(N(c2ccc(C=Cc3cc(C#N)c(C=Cc4ccc(N(c5ccc(OCCCC)cc5)c5ccc(OCCCC)cc5)cc4)cc3C#N)cc2)c2ccc(OCCCC)cc2)cc1. The number of hydrogen-bond donors (Lipinski definition) is 0. The molecule has 0 saturated carbocycles. The highest BCUT2D eigenvalue weighted by molar-refractivity contribution is 5.82. The van der Waals surface area contributed by atoms with Gasteiger partial charge in [-0.15, -0.1) is 0 Å². The van der Waals surface area contributed by atoms with Crippen molar-refractivity contribution in [3.05, 3.63) is 191 Å². The Hall–Kier alpha value is -8.20. The van der Waals surface area contributed by atoms with Gasteiger partial charge in [0.25, 0.3) is 0 Å². The molecule has 0 atom stereocenters. The van der Waals surface area contributed by atoms with E-state index in [1.807, 2.05) is 72.8 Å². The fourth-order valence-corrected chi connectivity index (χ4v) is 7.94. The minimum Gasteiger partial charge on any atom is -0.494 e. The van der Waals surface area contributed by atoms with Crippen LogP contribution in [0.5, 0.6) is 23.0 Å². The summed E-state index contributed by atoms with van der Waals surface area (Å²) >= 11 is 0. The van der Waals surface area contributed by atoms with Crippen molar-refractivity contribution in [2.24, 2.45) is 0 Å². The first kappa shape index (κ1) is 51.6. The lowest BCUT2D eigenvalue weighted by molar-refractivity contribution is 0.309. The summed E-state index contributed by atoms with van der Waals surface area (Å²) in [5.41, 5.74) is 10.2. The highest BCUT2D eigenvalue weighted by Gasteiger charge is 2.16. The van der Waals surface area contributed by atoms with Crippen LogP contribution in [0.25, 0.3) is 24.3 Å². The van der Waals surface area contributed by atoms with E-state index in [1.54, 1.807) is 12.1 Å². The van der Waals surface area contributed by atoms with E-state index in [2.05, 4.69) is 147 Å². The fraction of sp³-hybridized carbons (Fsp3) is 0.250. The smallest absolute Gasteiger partial charge is 0.119 e. The molecule has 0 unspecified atom stereocenters. The highest BCUT2D eigenvalue weighted by Crippen LogP contribution is 2.38. The van der Waals surface area contributed by atoms with Crippen LogP contribution in [0.4, 0.5) is 34.1 Å². The van der Waals surface area contributed by atoms with Crippen molar-refractivity contribution in [1.29, 1.82) is 10.5 Å². The lowest BCUT2D eigenvalue weighted by Gasteiger charge is -2.26. The number of nitrogens with zero attached hydrogens (tertiary/aromatic N) is 4. The molecule has 0 bridgehead atoms. The molecule has 7 aromatic rings. The van der Waals surface area contributed by atoms with Crippen molar-refractivity contribution < 1.29 is 18.9 Å². The third-order valence-corrected chi connectivity index (χ3v) is 12.1. The lowest BCUT2D eigenvalue weighted by atomic mass is 9.97. The Balaban J connectivity index is 1.08. The van der Waals surface area contributed by atoms with E-state index < -0.39 is 0 Å². The van der Waals surface area contributed by atoms with Crippen LogP contribution in [0.15, 0.2) is 158 Å². The quantitative estimate of drug-likeness (QED) is 0.0392. The van der Waals surface area contributed by atoms with Gasteiger partial charge in [-0.2, -0.15) is 10.5 Å². The van der Waals surface area contributed by atoms with E-state index in [4.69, 9.17) is 18.9 Å². The number of unbranched alkanes of at least 4 members (excludes halogenated alkanes) is 4. The Bertz CT molecular complexity index is 2590. The summed E-state index contributed by atoms with van der Waals surface area (Å²) in [4.78, 5) is 4.41. The van der Waals surface area contributed by atoms with Crippen molar-refractivity contribution in [2.45, 2.75) is 79.1 Å². The van der Waals surface area contributed by atoms with Gasteiger partial charge < -0.3 is 28.7 Å². The van der Waals surface area contributed by atoms with Gasteiger partial charge in [0.1, 0.15) is 23.0 Å². The molecule has 0 amide bonds. The van der Waals surface area contributed by atoms with Crippen LogP contribution >= 0.6 is 0 Å². The Labute approximate surface area is 427 Å². The average Bonchev–Trinajstić information content (AvgIpc) is 3.42. The maximum Gasteiger partial charge on any atom is 0.119 e. The zero-order chi connectivity index (χ0) is 50.3. The van der Waals surface area contributed by atoms with Gasteiger partial charge in [-0.25, -0.2) is 0 Å². The van der Waals surface area contributed by atoms with Gasteiger partial charge in [-0.3, -0.25) is 0 Å². The van der Waals surface area contributed by atoms with E-state index in [1.165, 1.54) is 0 Å². The van der Waals surface area contributed by atoms with Gasteiger partial charge in [-0.05, 0) is 181 Å². The average molecular weight is 955 g/mol. The first-order chi connectivity index (χ1) is 35.4. The third-order valence-electron chi connectivity index (χ3n) is 12.1. The second-order valence-corrected chi connectivity index (χ2v) is 17.6. The molecule has 72 heavy (non-hydrogen) atoms. The largest absolute Gasteiger partial charge is 0.494 e. The summed E-state index contributed by atoms with van der Waals surface area (Å²) in [5.74, 6) is 3.39. The number of hydrogen-bond acceptors (Lipinski definition) is 8. The summed E-state index contributed by atoms with van der Waals surface area (Å²) in [7, 11) is 0. The zero-order valence-electron chi connectivity index (χ0n) is 42.2. The number of rotatable bonds is 26. The predicted molar refractivity (Wildman–Crippen MR) is 298 cm³/mol. The van der Waals surface area contributed by atoms with Crippen LogP contribution in [0.3, 0.4) is 0 Å². The van der Waals surface area contributed by atoms with Crippen LogP contribution < -0.4 is 28.7 Å². The van der Waals surface area contributed by atoms with Gasteiger partial charge in [0.2, 0.25) is 0 Å². The minimum atomic E-state index is 0.478. The summed E-state index contributed by atoms with van der Waals surface area (Å²) in [5, 5.41) is 20.6. The van der Waals surface area contributed by atoms with E-state index in [-0.39, 0.29) is 0 Å². The molecule has 0 N–H and O–H groups in total. The molecule has 7 aromatic carbocycles.